The molecule has 116 valence electrons. The molecule has 0 saturated heterocycles. The molecule has 0 radical (unpaired) electrons. The minimum Gasteiger partial charge on any atom is -0.391 e. The topological polar surface area (TPSA) is 104 Å². The van der Waals surface area contributed by atoms with Crippen LogP contribution in [0.5, 0.6) is 0 Å². The SMILES string of the molecule is CCC(C)C(O)CNC(=O)NCc1ccc([N+](=O)[O-])cc1. The average Bonchev–Trinajstić information content (AvgIpc) is 2.49. The summed E-state index contributed by atoms with van der Waals surface area (Å²) >= 11 is 0. The zero-order valence-electron chi connectivity index (χ0n) is 12.2. The number of carbonyl (C=O) groups is 1. The molecule has 0 aliphatic rings. The number of nitrogens with zero attached hydrogens (tertiary/aromatic N) is 1. The van der Waals surface area contributed by atoms with Crippen LogP contribution in [0.4, 0.5) is 10.5 Å². The molecule has 3 N–H and O–H groups in total. The highest BCUT2D eigenvalue weighted by molar-refractivity contribution is 5.73. The van der Waals surface area contributed by atoms with Gasteiger partial charge in [0.1, 0.15) is 0 Å². The summed E-state index contributed by atoms with van der Waals surface area (Å²) in [5, 5.41) is 25.5. The Morgan fingerprint density at radius 2 is 1.95 bits per heavy atom. The number of aliphatic hydroxyl groups excluding tert-OH is 1. The highest BCUT2D eigenvalue weighted by Gasteiger charge is 2.13. The third kappa shape index (κ3) is 5.78. The largest absolute Gasteiger partial charge is 0.391 e. The molecule has 7 nitrogen and oxygen atoms in total. The number of nitro groups is 1. The minimum absolute atomic E-state index is 0.0138. The van der Waals surface area contributed by atoms with E-state index in [1.54, 1.807) is 12.1 Å². The van der Waals surface area contributed by atoms with Crippen LogP contribution in [0, 0.1) is 16.0 Å². The van der Waals surface area contributed by atoms with Gasteiger partial charge in [-0.2, -0.15) is 0 Å². The fourth-order valence-electron chi connectivity index (χ4n) is 1.65. The van der Waals surface area contributed by atoms with E-state index in [-0.39, 0.29) is 30.7 Å². The number of amides is 2. The molecule has 1 aromatic rings. The molecule has 1 aromatic carbocycles. The Labute approximate surface area is 123 Å². The fraction of sp³-hybridized carbons (Fsp3) is 0.500. The Morgan fingerprint density at radius 3 is 2.48 bits per heavy atom. The van der Waals surface area contributed by atoms with Crippen molar-refractivity contribution in [2.75, 3.05) is 6.54 Å². The summed E-state index contributed by atoms with van der Waals surface area (Å²) in [5.74, 6) is 0.125. The quantitative estimate of drug-likeness (QED) is 0.527. The smallest absolute Gasteiger partial charge is 0.315 e. The molecule has 0 aliphatic carbocycles. The van der Waals surface area contributed by atoms with Crippen LogP contribution in [0.1, 0.15) is 25.8 Å². The second-order valence-corrected chi connectivity index (χ2v) is 4.94. The van der Waals surface area contributed by atoms with Gasteiger partial charge in [0.25, 0.3) is 5.69 Å². The number of hydrogen-bond donors (Lipinski definition) is 3. The van der Waals surface area contributed by atoms with E-state index in [1.807, 2.05) is 13.8 Å². The number of rotatable bonds is 7. The summed E-state index contributed by atoms with van der Waals surface area (Å²) < 4.78 is 0. The lowest BCUT2D eigenvalue weighted by atomic mass is 10.0. The molecule has 0 spiro atoms. The van der Waals surface area contributed by atoms with Crippen LogP contribution in [0.15, 0.2) is 24.3 Å². The summed E-state index contributed by atoms with van der Waals surface area (Å²) in [6, 6.07) is 5.58. The summed E-state index contributed by atoms with van der Waals surface area (Å²) in [7, 11) is 0. The van der Waals surface area contributed by atoms with Crippen molar-refractivity contribution in [1.29, 1.82) is 0 Å². The van der Waals surface area contributed by atoms with Gasteiger partial charge in [-0.1, -0.05) is 32.4 Å². The van der Waals surface area contributed by atoms with Crippen molar-refractivity contribution in [1.82, 2.24) is 10.6 Å². The first kappa shape index (κ1) is 16.9. The van der Waals surface area contributed by atoms with Crippen molar-refractivity contribution in [2.24, 2.45) is 5.92 Å². The summed E-state index contributed by atoms with van der Waals surface area (Å²) in [5.41, 5.74) is 0.776. The Hall–Kier alpha value is -2.15. The van der Waals surface area contributed by atoms with Gasteiger partial charge in [-0.25, -0.2) is 4.79 Å². The normalized spacial score (nSPS) is 13.3. The molecule has 7 heteroatoms. The lowest BCUT2D eigenvalue weighted by molar-refractivity contribution is -0.384. The van der Waals surface area contributed by atoms with Gasteiger partial charge >= 0.3 is 6.03 Å². The molecule has 0 fully saturated rings. The van der Waals surface area contributed by atoms with Crippen molar-refractivity contribution in [3.05, 3.63) is 39.9 Å². The first-order chi connectivity index (χ1) is 9.93. The fourth-order valence-corrected chi connectivity index (χ4v) is 1.65. The second kappa shape index (κ2) is 8.21. The van der Waals surface area contributed by atoms with Gasteiger partial charge in [-0.15, -0.1) is 0 Å². The molecule has 0 aliphatic heterocycles. The van der Waals surface area contributed by atoms with Crippen molar-refractivity contribution < 1.29 is 14.8 Å². The summed E-state index contributed by atoms with van der Waals surface area (Å²) in [4.78, 5) is 21.6. The van der Waals surface area contributed by atoms with Gasteiger partial charge in [-0.05, 0) is 11.5 Å². The molecule has 21 heavy (non-hydrogen) atoms. The van der Waals surface area contributed by atoms with Crippen molar-refractivity contribution >= 4 is 11.7 Å². The van der Waals surface area contributed by atoms with E-state index in [4.69, 9.17) is 0 Å². The third-order valence-electron chi connectivity index (χ3n) is 3.37. The van der Waals surface area contributed by atoms with Gasteiger partial charge in [-0.3, -0.25) is 10.1 Å². The molecule has 1 rings (SSSR count). The number of non-ortho nitro benzene ring substituents is 1. The van der Waals surface area contributed by atoms with E-state index < -0.39 is 11.0 Å². The predicted octanol–water partition coefficient (Wildman–Crippen LogP) is 1.80. The van der Waals surface area contributed by atoms with Gasteiger partial charge in [0, 0.05) is 25.2 Å². The maximum atomic E-state index is 11.6. The van der Waals surface area contributed by atoms with Crippen molar-refractivity contribution in [3.63, 3.8) is 0 Å². The highest BCUT2D eigenvalue weighted by Crippen LogP contribution is 2.11. The average molecular weight is 295 g/mol. The van der Waals surface area contributed by atoms with Crippen LogP contribution in [0.2, 0.25) is 0 Å². The Morgan fingerprint density at radius 1 is 1.33 bits per heavy atom. The monoisotopic (exact) mass is 295 g/mol. The number of nitrogens with one attached hydrogen (secondary N) is 2. The van der Waals surface area contributed by atoms with E-state index >= 15 is 0 Å². The molecule has 0 saturated carbocycles. The lowest BCUT2D eigenvalue weighted by Crippen LogP contribution is -2.41. The lowest BCUT2D eigenvalue weighted by Gasteiger charge is -2.17. The first-order valence-electron chi connectivity index (χ1n) is 6.87. The molecule has 2 unspecified atom stereocenters. The second-order valence-electron chi connectivity index (χ2n) is 4.94. The molecule has 0 heterocycles. The Kier molecular flexibility index (Phi) is 6.61. The standard InChI is InChI=1S/C14H21N3O4/c1-3-10(2)13(18)9-16-14(19)15-8-11-4-6-12(7-5-11)17(20)21/h4-7,10,13,18H,3,8-9H2,1-2H3,(H2,15,16,19). The number of urea groups is 1. The van der Waals surface area contributed by atoms with E-state index in [0.29, 0.717) is 0 Å². The van der Waals surface area contributed by atoms with Crippen LogP contribution in [-0.2, 0) is 6.54 Å². The predicted molar refractivity (Wildman–Crippen MR) is 78.8 cm³/mol. The van der Waals surface area contributed by atoms with Gasteiger partial charge in [0.05, 0.1) is 11.0 Å². The molecule has 0 aromatic heterocycles. The maximum Gasteiger partial charge on any atom is 0.315 e. The Bertz CT molecular complexity index is 476. The van der Waals surface area contributed by atoms with Crippen LogP contribution in [0.3, 0.4) is 0 Å². The van der Waals surface area contributed by atoms with Crippen molar-refractivity contribution in [2.45, 2.75) is 32.9 Å². The van der Waals surface area contributed by atoms with Crippen LogP contribution < -0.4 is 10.6 Å². The maximum absolute atomic E-state index is 11.6. The van der Waals surface area contributed by atoms with E-state index in [1.165, 1.54) is 12.1 Å². The zero-order valence-corrected chi connectivity index (χ0v) is 12.2. The van der Waals surface area contributed by atoms with Crippen LogP contribution in [0.25, 0.3) is 0 Å². The summed E-state index contributed by atoms with van der Waals surface area (Å²) in [6.45, 7) is 4.36. The first-order valence-corrected chi connectivity index (χ1v) is 6.87. The van der Waals surface area contributed by atoms with Gasteiger partial charge in [0.15, 0.2) is 0 Å². The number of benzene rings is 1. The zero-order chi connectivity index (χ0) is 15.8. The minimum atomic E-state index is -0.569. The number of hydrogen-bond acceptors (Lipinski definition) is 4. The molecular formula is C14H21N3O4. The molecule has 2 atom stereocenters. The van der Waals surface area contributed by atoms with Gasteiger partial charge < -0.3 is 15.7 Å². The van der Waals surface area contributed by atoms with Gasteiger partial charge in [0.2, 0.25) is 0 Å². The number of nitro benzene ring substituents is 1. The van der Waals surface area contributed by atoms with E-state index in [0.717, 1.165) is 12.0 Å². The van der Waals surface area contributed by atoms with E-state index in [2.05, 4.69) is 10.6 Å². The Balaban J connectivity index is 2.34. The van der Waals surface area contributed by atoms with Crippen LogP contribution in [-0.4, -0.2) is 28.7 Å². The molecule has 2 amide bonds. The summed E-state index contributed by atoms with van der Waals surface area (Å²) in [6.07, 6.45) is 0.271. The molecular weight excluding hydrogens is 274 g/mol. The third-order valence-corrected chi connectivity index (χ3v) is 3.37. The van der Waals surface area contributed by atoms with Crippen molar-refractivity contribution in [3.8, 4) is 0 Å². The van der Waals surface area contributed by atoms with E-state index in [9.17, 15) is 20.0 Å². The van der Waals surface area contributed by atoms with Crippen LogP contribution >= 0.6 is 0 Å². The highest BCUT2D eigenvalue weighted by atomic mass is 16.6. The molecule has 0 bridgehead atoms. The number of carbonyl (C=O) groups excluding carboxylic acids is 1. The number of aliphatic hydroxyl groups is 1.